The van der Waals surface area contributed by atoms with Crippen LogP contribution in [0.5, 0.6) is 0 Å². The fourth-order valence-corrected chi connectivity index (χ4v) is 0.345. The first kappa shape index (κ1) is 15.0. The van der Waals surface area contributed by atoms with Gasteiger partial charge in [-0.1, -0.05) is 25.1 Å². The normalized spacial score (nSPS) is 11.2. The maximum Gasteiger partial charge on any atom is 0.331 e. The van der Waals surface area contributed by atoms with Crippen LogP contribution < -0.4 is 0 Å². The Labute approximate surface area is 85.3 Å². The number of halogens is 1. The van der Waals surface area contributed by atoms with E-state index in [4.69, 9.17) is 11.6 Å². The van der Waals surface area contributed by atoms with Gasteiger partial charge in [0.05, 0.1) is 0 Å². The summed E-state index contributed by atoms with van der Waals surface area (Å²) in [4.78, 5) is 12.4. The molecule has 0 aromatic carbocycles. The van der Waals surface area contributed by atoms with Crippen molar-refractivity contribution < 1.29 is 9.53 Å². The third-order valence-electron chi connectivity index (χ3n) is 0.732. The number of rotatable bonds is 3. The zero-order chi connectivity index (χ0) is 10.9. The summed E-state index contributed by atoms with van der Waals surface area (Å²) in [6.07, 6.45) is 1.70. The Morgan fingerprint density at radius 2 is 2.00 bits per heavy atom. The second-order valence-electron chi connectivity index (χ2n) is 2.80. The zero-order valence-electron chi connectivity index (χ0n) is 8.71. The van der Waals surface area contributed by atoms with Gasteiger partial charge >= 0.3 is 5.97 Å². The molecule has 0 aliphatic carbocycles. The van der Waals surface area contributed by atoms with Gasteiger partial charge in [0.15, 0.2) is 5.56 Å². The van der Waals surface area contributed by atoms with Crippen LogP contribution >= 0.6 is 11.6 Å². The first-order valence-corrected chi connectivity index (χ1v) is 4.45. The largest absolute Gasteiger partial charge is 0.443 e. The van der Waals surface area contributed by atoms with Gasteiger partial charge in [-0.2, -0.15) is 0 Å². The quantitative estimate of drug-likeness (QED) is 0.402. The van der Waals surface area contributed by atoms with E-state index in [9.17, 15) is 4.79 Å². The van der Waals surface area contributed by atoms with E-state index in [0.29, 0.717) is 6.42 Å². The van der Waals surface area contributed by atoms with Crippen LogP contribution in [0, 0.1) is 0 Å². The molecule has 0 spiro atoms. The van der Waals surface area contributed by atoms with Crippen molar-refractivity contribution in [1.82, 2.24) is 4.90 Å². The van der Waals surface area contributed by atoms with E-state index in [1.165, 1.54) is 0 Å². The second-order valence-corrected chi connectivity index (χ2v) is 3.29. The van der Waals surface area contributed by atoms with E-state index in [0.717, 1.165) is 6.08 Å². The summed E-state index contributed by atoms with van der Waals surface area (Å²) in [7, 11) is 6.00. The van der Waals surface area contributed by atoms with Crippen LogP contribution in [-0.4, -0.2) is 37.6 Å². The lowest BCUT2D eigenvalue weighted by molar-refractivity contribution is -0.139. The summed E-state index contributed by atoms with van der Waals surface area (Å²) in [5.74, 6) is -0.475. The number of carbonyl (C=O) groups excluding carboxylic acids is 1. The van der Waals surface area contributed by atoms with Gasteiger partial charge in [0.25, 0.3) is 0 Å². The van der Waals surface area contributed by atoms with Crippen molar-refractivity contribution in [2.75, 3.05) is 21.1 Å². The Kier molecular flexibility index (Phi) is 11.0. The summed E-state index contributed by atoms with van der Waals surface area (Å²) in [5.41, 5.74) is -0.518. The summed E-state index contributed by atoms with van der Waals surface area (Å²) in [6.45, 7) is 5.04. The van der Waals surface area contributed by atoms with Crippen molar-refractivity contribution in [3.8, 4) is 0 Å². The maximum absolute atomic E-state index is 10.4. The number of alkyl halides is 1. The van der Waals surface area contributed by atoms with Gasteiger partial charge in [-0.05, 0) is 27.6 Å². The van der Waals surface area contributed by atoms with Gasteiger partial charge in [0.1, 0.15) is 0 Å². The number of nitrogens with zero attached hydrogens (tertiary/aromatic N) is 1. The van der Waals surface area contributed by atoms with Crippen LogP contribution in [0.1, 0.15) is 13.3 Å². The van der Waals surface area contributed by atoms with E-state index in [-0.39, 0.29) is 0 Å². The summed E-state index contributed by atoms with van der Waals surface area (Å²) in [5, 5.41) is 0. The van der Waals surface area contributed by atoms with Gasteiger partial charge in [0, 0.05) is 6.08 Å². The molecule has 1 atom stereocenters. The molecule has 4 heteroatoms. The lowest BCUT2D eigenvalue weighted by Crippen LogP contribution is -2.08. The van der Waals surface area contributed by atoms with Crippen LogP contribution in [-0.2, 0) is 9.53 Å². The monoisotopic (exact) mass is 207 g/mol. The maximum atomic E-state index is 10.4. The Balaban J connectivity index is 0. The molecule has 0 rings (SSSR count). The SMILES string of the molecule is C=CC(=O)OC(Cl)CC.CN(C)C. The summed E-state index contributed by atoms with van der Waals surface area (Å²) >= 11 is 5.45. The molecule has 0 radical (unpaired) electrons. The zero-order valence-corrected chi connectivity index (χ0v) is 9.47. The fourth-order valence-electron chi connectivity index (χ4n) is 0.257. The molecule has 1 unspecified atom stereocenters. The average molecular weight is 208 g/mol. The van der Waals surface area contributed by atoms with Crippen molar-refractivity contribution in [1.29, 1.82) is 0 Å². The van der Waals surface area contributed by atoms with Gasteiger partial charge in [-0.25, -0.2) is 4.79 Å². The summed E-state index contributed by atoms with van der Waals surface area (Å²) < 4.78 is 4.56. The highest BCUT2D eigenvalue weighted by molar-refractivity contribution is 6.20. The first-order chi connectivity index (χ1) is 5.93. The molecule has 0 heterocycles. The molecule has 0 saturated heterocycles. The molecule has 0 aliphatic rings. The second kappa shape index (κ2) is 9.55. The van der Waals surface area contributed by atoms with Gasteiger partial charge < -0.3 is 9.64 Å². The van der Waals surface area contributed by atoms with Crippen molar-refractivity contribution in [3.05, 3.63) is 12.7 Å². The Morgan fingerprint density at radius 1 is 1.62 bits per heavy atom. The predicted molar refractivity (Wildman–Crippen MR) is 55.8 cm³/mol. The molecule has 0 saturated carbocycles. The average Bonchev–Trinajstić information content (AvgIpc) is 2.03. The number of carbonyl (C=O) groups is 1. The molecule has 0 amide bonds. The van der Waals surface area contributed by atoms with Crippen molar-refractivity contribution in [3.63, 3.8) is 0 Å². The molecule has 0 aromatic rings. The van der Waals surface area contributed by atoms with Crippen LogP contribution in [0.4, 0.5) is 0 Å². The van der Waals surface area contributed by atoms with Crippen molar-refractivity contribution >= 4 is 17.6 Å². The van der Waals surface area contributed by atoms with E-state index in [1.807, 2.05) is 33.0 Å². The molecule has 13 heavy (non-hydrogen) atoms. The number of esters is 1. The standard InChI is InChI=1S/C6H9ClO2.C3H9N/c1-3-5(7)9-6(8)4-2;1-4(2)3/h4-5H,2-3H2,1H3;1-3H3. The Bertz CT molecular complexity index is 146. The Morgan fingerprint density at radius 3 is 2.23 bits per heavy atom. The minimum atomic E-state index is -0.518. The predicted octanol–water partition coefficient (Wildman–Crippen LogP) is 1.87. The molecule has 3 nitrogen and oxygen atoms in total. The highest BCUT2D eigenvalue weighted by atomic mass is 35.5. The lowest BCUT2D eigenvalue weighted by atomic mass is 10.5. The third-order valence-corrected chi connectivity index (χ3v) is 1.13. The minimum Gasteiger partial charge on any atom is -0.443 e. The van der Waals surface area contributed by atoms with E-state index < -0.39 is 11.5 Å². The molecule has 0 bridgehead atoms. The van der Waals surface area contributed by atoms with Crippen molar-refractivity contribution in [2.45, 2.75) is 18.9 Å². The molecule has 78 valence electrons. The number of hydrogen-bond donors (Lipinski definition) is 0. The highest BCUT2D eigenvalue weighted by Gasteiger charge is 2.03. The van der Waals surface area contributed by atoms with Gasteiger partial charge in [-0.15, -0.1) is 0 Å². The molecule has 0 aromatic heterocycles. The number of hydrogen-bond acceptors (Lipinski definition) is 3. The molecule has 0 N–H and O–H groups in total. The Hall–Kier alpha value is -0.540. The van der Waals surface area contributed by atoms with Gasteiger partial charge in [0.2, 0.25) is 0 Å². The smallest absolute Gasteiger partial charge is 0.331 e. The van der Waals surface area contributed by atoms with Gasteiger partial charge in [-0.3, -0.25) is 0 Å². The minimum absolute atomic E-state index is 0.475. The lowest BCUT2D eigenvalue weighted by Gasteiger charge is -2.04. The molecule has 0 aliphatic heterocycles. The topological polar surface area (TPSA) is 29.5 Å². The molecule has 0 fully saturated rings. The van der Waals surface area contributed by atoms with Crippen LogP contribution in [0.25, 0.3) is 0 Å². The van der Waals surface area contributed by atoms with Crippen LogP contribution in [0.3, 0.4) is 0 Å². The van der Waals surface area contributed by atoms with Crippen LogP contribution in [0.15, 0.2) is 12.7 Å². The molecular weight excluding hydrogens is 190 g/mol. The third kappa shape index (κ3) is 18.4. The number of ether oxygens (including phenoxy) is 1. The van der Waals surface area contributed by atoms with E-state index >= 15 is 0 Å². The van der Waals surface area contributed by atoms with Crippen LogP contribution in [0.2, 0.25) is 0 Å². The van der Waals surface area contributed by atoms with E-state index in [1.54, 1.807) is 0 Å². The van der Waals surface area contributed by atoms with Crippen molar-refractivity contribution in [2.24, 2.45) is 0 Å². The highest BCUT2D eigenvalue weighted by Crippen LogP contribution is 2.02. The fraction of sp³-hybridized carbons (Fsp3) is 0.667. The van der Waals surface area contributed by atoms with E-state index in [2.05, 4.69) is 11.3 Å². The summed E-state index contributed by atoms with van der Waals surface area (Å²) in [6, 6.07) is 0. The first-order valence-electron chi connectivity index (χ1n) is 4.02. The molecular formula is C9H18ClNO2.